The lowest BCUT2D eigenvalue weighted by atomic mass is 10.1. The maximum Gasteiger partial charge on any atom is 0.259 e. The molecule has 3 heterocycles. The Kier molecular flexibility index (Phi) is 5.07. The summed E-state index contributed by atoms with van der Waals surface area (Å²) in [4.78, 5) is 27.6. The van der Waals surface area contributed by atoms with E-state index in [0.717, 1.165) is 16.9 Å². The predicted molar refractivity (Wildman–Crippen MR) is 123 cm³/mol. The van der Waals surface area contributed by atoms with E-state index < -0.39 is 0 Å². The molecule has 2 amide bonds. The number of halogens is 1. The average Bonchev–Trinajstić information content (AvgIpc) is 3.33. The Labute approximate surface area is 190 Å². The van der Waals surface area contributed by atoms with Gasteiger partial charge in [0, 0.05) is 22.6 Å². The van der Waals surface area contributed by atoms with E-state index in [1.165, 1.54) is 6.26 Å². The molecule has 1 aliphatic heterocycles. The van der Waals surface area contributed by atoms with Crippen molar-refractivity contribution in [1.82, 2.24) is 4.57 Å². The molecule has 6 nitrogen and oxygen atoms in total. The highest BCUT2D eigenvalue weighted by atomic mass is 35.5. The molecule has 2 aromatic heterocycles. The molecule has 1 N–H and O–H groups in total. The summed E-state index contributed by atoms with van der Waals surface area (Å²) >= 11 is 6.37. The lowest BCUT2D eigenvalue weighted by Gasteiger charge is -2.23. The van der Waals surface area contributed by atoms with Crippen LogP contribution in [0.15, 0.2) is 77.4 Å². The van der Waals surface area contributed by atoms with Gasteiger partial charge in [0.15, 0.2) is 0 Å². The number of anilines is 2. The minimum Gasteiger partial charge on any atom is -0.469 e. The molecular weight excluding hydrogens is 426 g/mol. The van der Waals surface area contributed by atoms with Gasteiger partial charge >= 0.3 is 0 Å². The minimum absolute atomic E-state index is 0.119. The molecule has 4 aromatic rings. The van der Waals surface area contributed by atoms with Crippen LogP contribution in [-0.4, -0.2) is 16.4 Å². The van der Waals surface area contributed by atoms with Crippen molar-refractivity contribution in [2.75, 3.05) is 10.2 Å². The van der Waals surface area contributed by atoms with Crippen molar-refractivity contribution in [3.63, 3.8) is 0 Å². The van der Waals surface area contributed by atoms with E-state index in [1.54, 1.807) is 42.2 Å². The van der Waals surface area contributed by atoms with Crippen LogP contribution in [0, 0.1) is 6.92 Å². The fourth-order valence-electron chi connectivity index (χ4n) is 3.97. The van der Waals surface area contributed by atoms with Gasteiger partial charge < -0.3 is 19.2 Å². The molecule has 2 aromatic carbocycles. The van der Waals surface area contributed by atoms with E-state index in [2.05, 4.69) is 5.32 Å². The molecule has 0 atom stereocenters. The molecule has 1 aliphatic rings. The number of amides is 2. The molecule has 0 aliphatic carbocycles. The number of furan rings is 1. The van der Waals surface area contributed by atoms with Crippen LogP contribution in [0.2, 0.25) is 5.15 Å². The van der Waals surface area contributed by atoms with Crippen molar-refractivity contribution in [2.45, 2.75) is 20.0 Å². The number of hydrogen-bond acceptors (Lipinski definition) is 3. The summed E-state index contributed by atoms with van der Waals surface area (Å²) in [6.07, 6.45) is 1.48. The monoisotopic (exact) mass is 445 g/mol. The summed E-state index contributed by atoms with van der Waals surface area (Å²) in [5, 5.41) is 3.48. The highest BCUT2D eigenvalue weighted by Gasteiger charge is 2.25. The Morgan fingerprint density at radius 2 is 1.75 bits per heavy atom. The molecule has 5 rings (SSSR count). The van der Waals surface area contributed by atoms with Gasteiger partial charge in [-0.15, -0.1) is 0 Å². The summed E-state index contributed by atoms with van der Waals surface area (Å²) < 4.78 is 7.20. The fourth-order valence-corrected chi connectivity index (χ4v) is 4.21. The van der Waals surface area contributed by atoms with Crippen LogP contribution in [0.25, 0.3) is 0 Å². The van der Waals surface area contributed by atoms with E-state index in [0.29, 0.717) is 40.8 Å². The predicted octanol–water partition coefficient (Wildman–Crippen LogP) is 5.50. The van der Waals surface area contributed by atoms with Crippen LogP contribution in [0.5, 0.6) is 0 Å². The molecule has 0 saturated heterocycles. The normalized spacial score (nSPS) is 12.6. The number of aromatic nitrogens is 1. The van der Waals surface area contributed by atoms with Crippen LogP contribution < -0.4 is 10.2 Å². The molecular formula is C25H20ClN3O3. The lowest BCUT2D eigenvalue weighted by molar-refractivity contribution is 0.0983. The Hall–Kier alpha value is -3.77. The molecule has 160 valence electrons. The first-order chi connectivity index (χ1) is 15.5. The minimum atomic E-state index is -0.255. The first-order valence-corrected chi connectivity index (χ1v) is 10.6. The smallest absolute Gasteiger partial charge is 0.259 e. The molecule has 0 fully saturated rings. The molecule has 7 heteroatoms. The maximum absolute atomic E-state index is 13.5. The van der Waals surface area contributed by atoms with Gasteiger partial charge in [-0.3, -0.25) is 9.59 Å². The van der Waals surface area contributed by atoms with Gasteiger partial charge in [0.2, 0.25) is 0 Å². The number of aryl methyl sites for hydroxylation is 1. The standard InChI is InChI=1S/C25H20ClN3O3/c1-16-21(12-13-32-16)24(30)27-19-8-6-17(7-9-19)25(31)29-15-20-10-11-23(26)28(20)14-18-4-2-3-5-22(18)29/h2-13H,14-15H2,1H3,(H,27,30). The van der Waals surface area contributed by atoms with E-state index in [1.807, 2.05) is 41.0 Å². The quantitative estimate of drug-likeness (QED) is 0.452. The third-order valence-corrected chi connectivity index (χ3v) is 6.02. The van der Waals surface area contributed by atoms with Crippen LogP contribution in [0.3, 0.4) is 0 Å². The number of para-hydroxylation sites is 1. The molecule has 0 bridgehead atoms. The van der Waals surface area contributed by atoms with Gasteiger partial charge in [0.05, 0.1) is 24.9 Å². The SMILES string of the molecule is Cc1occc1C(=O)Nc1ccc(C(=O)N2Cc3ccc(Cl)n3Cc3ccccc32)cc1. The van der Waals surface area contributed by atoms with Gasteiger partial charge in [-0.1, -0.05) is 29.8 Å². The zero-order valence-electron chi connectivity index (χ0n) is 17.3. The van der Waals surface area contributed by atoms with Crippen molar-refractivity contribution in [2.24, 2.45) is 0 Å². The van der Waals surface area contributed by atoms with E-state index in [-0.39, 0.29) is 11.8 Å². The van der Waals surface area contributed by atoms with Crippen molar-refractivity contribution in [3.05, 3.63) is 106 Å². The lowest BCUT2D eigenvalue weighted by Crippen LogP contribution is -2.30. The highest BCUT2D eigenvalue weighted by molar-refractivity contribution is 6.29. The van der Waals surface area contributed by atoms with Crippen LogP contribution in [0.4, 0.5) is 11.4 Å². The number of benzene rings is 2. The van der Waals surface area contributed by atoms with Crippen molar-refractivity contribution in [3.8, 4) is 0 Å². The summed E-state index contributed by atoms with van der Waals surface area (Å²) in [5.74, 6) is 0.181. The van der Waals surface area contributed by atoms with Crippen molar-refractivity contribution >= 4 is 34.8 Å². The largest absolute Gasteiger partial charge is 0.469 e. The number of nitrogens with zero attached hydrogens (tertiary/aromatic N) is 2. The molecule has 0 radical (unpaired) electrons. The summed E-state index contributed by atoms with van der Waals surface area (Å²) in [6, 6.07) is 20.2. The average molecular weight is 446 g/mol. The van der Waals surface area contributed by atoms with Gasteiger partial charge in [-0.05, 0) is 61.0 Å². The van der Waals surface area contributed by atoms with E-state index in [4.69, 9.17) is 16.0 Å². The third-order valence-electron chi connectivity index (χ3n) is 5.69. The zero-order valence-corrected chi connectivity index (χ0v) is 18.1. The second kappa shape index (κ2) is 8.05. The first kappa shape index (κ1) is 20.2. The van der Waals surface area contributed by atoms with Gasteiger partial charge in [-0.25, -0.2) is 0 Å². The van der Waals surface area contributed by atoms with Crippen LogP contribution >= 0.6 is 11.6 Å². The van der Waals surface area contributed by atoms with E-state index >= 15 is 0 Å². The second-order valence-electron chi connectivity index (χ2n) is 7.68. The number of rotatable bonds is 3. The molecule has 0 spiro atoms. The zero-order chi connectivity index (χ0) is 22.2. The fraction of sp³-hybridized carbons (Fsp3) is 0.120. The molecule has 0 unspecified atom stereocenters. The van der Waals surface area contributed by atoms with Gasteiger partial charge in [-0.2, -0.15) is 0 Å². The maximum atomic E-state index is 13.5. The number of carbonyl (C=O) groups excluding carboxylic acids is 2. The third kappa shape index (κ3) is 3.59. The Morgan fingerprint density at radius 1 is 0.969 bits per heavy atom. The topological polar surface area (TPSA) is 67.5 Å². The highest BCUT2D eigenvalue weighted by Crippen LogP contribution is 2.31. The Balaban J connectivity index is 1.41. The van der Waals surface area contributed by atoms with Gasteiger partial charge in [0.25, 0.3) is 11.8 Å². The Morgan fingerprint density at radius 3 is 2.50 bits per heavy atom. The second-order valence-corrected chi connectivity index (χ2v) is 8.06. The number of nitrogens with one attached hydrogen (secondary N) is 1. The number of carbonyl (C=O) groups is 2. The first-order valence-electron chi connectivity index (χ1n) is 10.2. The summed E-state index contributed by atoms with van der Waals surface area (Å²) in [6.45, 7) is 2.76. The van der Waals surface area contributed by atoms with Crippen molar-refractivity contribution < 1.29 is 14.0 Å². The summed E-state index contributed by atoms with van der Waals surface area (Å²) in [5.41, 5.74) is 4.47. The van der Waals surface area contributed by atoms with Gasteiger partial charge in [0.1, 0.15) is 10.9 Å². The molecule has 32 heavy (non-hydrogen) atoms. The Bertz CT molecular complexity index is 1320. The molecule has 0 saturated carbocycles. The summed E-state index contributed by atoms with van der Waals surface area (Å²) in [7, 11) is 0. The van der Waals surface area contributed by atoms with E-state index in [9.17, 15) is 9.59 Å². The van der Waals surface area contributed by atoms with Crippen LogP contribution in [-0.2, 0) is 13.1 Å². The number of fused-ring (bicyclic) bond motifs is 2. The van der Waals surface area contributed by atoms with Crippen LogP contribution in [0.1, 0.15) is 37.7 Å². The number of hydrogen-bond donors (Lipinski definition) is 1. The van der Waals surface area contributed by atoms with Crippen molar-refractivity contribution in [1.29, 1.82) is 0 Å².